The molecule has 0 radical (unpaired) electrons. The number of allylic oxidation sites excluding steroid dienone is 1. The number of halogens is 7. The van der Waals surface area contributed by atoms with Gasteiger partial charge < -0.3 is 4.74 Å². The molecule has 0 aliphatic carbocycles. The van der Waals surface area contributed by atoms with Crippen LogP contribution in [0.25, 0.3) is 11.1 Å². The highest BCUT2D eigenvalue weighted by Gasteiger charge is 2.34. The summed E-state index contributed by atoms with van der Waals surface area (Å²) < 4.78 is 95.3. The average molecular weight is 364 g/mol. The molecule has 0 bridgehead atoms. The van der Waals surface area contributed by atoms with E-state index < -0.39 is 46.5 Å². The van der Waals surface area contributed by atoms with Gasteiger partial charge in [-0.25, -0.2) is 17.6 Å². The number of alkyl halides is 3. The van der Waals surface area contributed by atoms with Crippen molar-refractivity contribution in [3.8, 4) is 16.9 Å². The van der Waals surface area contributed by atoms with Crippen LogP contribution in [0.1, 0.15) is 12.0 Å². The standard InChI is InChI=1S/C17H11F7O/c1-2-3-4-9-5-11(18)15(12(19)6-9)10-7-13(20)16(14(21)8-10)25-17(22,23)24/h2,5-8H,1,3-4H2. The van der Waals surface area contributed by atoms with Gasteiger partial charge in [-0.3, -0.25) is 0 Å². The second kappa shape index (κ2) is 7.16. The van der Waals surface area contributed by atoms with Gasteiger partial charge in [0.15, 0.2) is 11.6 Å². The lowest BCUT2D eigenvalue weighted by atomic mass is 10.00. The predicted octanol–water partition coefficient (Wildman–Crippen LogP) is 5.93. The van der Waals surface area contributed by atoms with Crippen LogP contribution < -0.4 is 4.74 Å². The SMILES string of the molecule is C=CCCc1cc(F)c(-c2cc(F)c(OC(F)(F)F)c(F)c2)c(F)c1. The minimum absolute atomic E-state index is 0.302. The zero-order valence-electron chi connectivity index (χ0n) is 12.6. The number of hydrogen-bond donors (Lipinski definition) is 0. The zero-order valence-corrected chi connectivity index (χ0v) is 12.6. The lowest BCUT2D eigenvalue weighted by Gasteiger charge is -2.13. The largest absolute Gasteiger partial charge is 0.573 e. The molecule has 1 nitrogen and oxygen atoms in total. The van der Waals surface area contributed by atoms with Gasteiger partial charge >= 0.3 is 6.36 Å². The lowest BCUT2D eigenvalue weighted by Crippen LogP contribution is -2.19. The Kier molecular flexibility index (Phi) is 5.39. The Balaban J connectivity index is 2.47. The molecule has 2 aromatic rings. The van der Waals surface area contributed by atoms with Crippen molar-refractivity contribution in [2.45, 2.75) is 19.2 Å². The molecule has 0 N–H and O–H groups in total. The highest BCUT2D eigenvalue weighted by atomic mass is 19.4. The summed E-state index contributed by atoms with van der Waals surface area (Å²) >= 11 is 0. The molecular formula is C17H11F7O. The summed E-state index contributed by atoms with van der Waals surface area (Å²) in [5.41, 5.74) is -1.04. The summed E-state index contributed by atoms with van der Waals surface area (Å²) in [6, 6.07) is 2.71. The Hall–Kier alpha value is -2.51. The quantitative estimate of drug-likeness (QED) is 0.472. The van der Waals surface area contributed by atoms with Crippen LogP contribution in [-0.2, 0) is 6.42 Å². The molecule has 134 valence electrons. The van der Waals surface area contributed by atoms with Crippen molar-refractivity contribution >= 4 is 0 Å². The van der Waals surface area contributed by atoms with Crippen LogP contribution in [0.3, 0.4) is 0 Å². The van der Waals surface area contributed by atoms with Crippen LogP contribution in [0.5, 0.6) is 5.75 Å². The van der Waals surface area contributed by atoms with E-state index in [0.717, 1.165) is 12.1 Å². The third kappa shape index (κ3) is 4.52. The van der Waals surface area contributed by atoms with E-state index in [2.05, 4.69) is 11.3 Å². The normalized spacial score (nSPS) is 11.5. The van der Waals surface area contributed by atoms with Gasteiger partial charge in [-0.15, -0.1) is 19.8 Å². The Morgan fingerprint density at radius 2 is 1.40 bits per heavy atom. The Morgan fingerprint density at radius 1 is 0.880 bits per heavy atom. The summed E-state index contributed by atoms with van der Waals surface area (Å²) in [4.78, 5) is 0. The van der Waals surface area contributed by atoms with Gasteiger partial charge in [-0.2, -0.15) is 0 Å². The van der Waals surface area contributed by atoms with Gasteiger partial charge in [0.05, 0.1) is 5.56 Å². The van der Waals surface area contributed by atoms with Crippen LogP contribution in [0.2, 0.25) is 0 Å². The van der Waals surface area contributed by atoms with E-state index >= 15 is 0 Å². The minimum Gasteiger partial charge on any atom is -0.399 e. The van der Waals surface area contributed by atoms with Gasteiger partial charge in [-0.05, 0) is 48.2 Å². The van der Waals surface area contributed by atoms with E-state index in [1.54, 1.807) is 6.08 Å². The summed E-state index contributed by atoms with van der Waals surface area (Å²) in [5, 5.41) is 0. The van der Waals surface area contributed by atoms with Crippen molar-refractivity contribution in [1.29, 1.82) is 0 Å². The van der Waals surface area contributed by atoms with Crippen LogP contribution in [-0.4, -0.2) is 6.36 Å². The second-order valence-electron chi connectivity index (χ2n) is 5.08. The second-order valence-corrected chi connectivity index (χ2v) is 5.08. The van der Waals surface area contributed by atoms with E-state index in [9.17, 15) is 30.7 Å². The van der Waals surface area contributed by atoms with E-state index in [1.807, 2.05) is 0 Å². The molecule has 0 saturated heterocycles. The van der Waals surface area contributed by atoms with E-state index in [4.69, 9.17) is 0 Å². The number of rotatable bonds is 5. The highest BCUT2D eigenvalue weighted by Crippen LogP contribution is 2.35. The molecule has 0 amide bonds. The Morgan fingerprint density at radius 3 is 1.84 bits per heavy atom. The smallest absolute Gasteiger partial charge is 0.399 e. The molecule has 0 spiro atoms. The molecule has 2 rings (SSSR count). The van der Waals surface area contributed by atoms with E-state index in [0.29, 0.717) is 30.5 Å². The summed E-state index contributed by atoms with van der Waals surface area (Å²) in [6.45, 7) is 3.48. The molecule has 0 aromatic heterocycles. The zero-order chi connectivity index (χ0) is 18.8. The number of hydrogen-bond acceptors (Lipinski definition) is 1. The molecule has 0 fully saturated rings. The first-order valence-corrected chi connectivity index (χ1v) is 6.96. The number of aryl methyl sites for hydroxylation is 1. The van der Waals surface area contributed by atoms with Crippen molar-refractivity contribution in [2.75, 3.05) is 0 Å². The molecular weight excluding hydrogens is 353 g/mol. The molecule has 2 aromatic carbocycles. The van der Waals surface area contributed by atoms with Crippen LogP contribution in [0.4, 0.5) is 30.7 Å². The summed E-state index contributed by atoms with van der Waals surface area (Å²) in [7, 11) is 0. The summed E-state index contributed by atoms with van der Waals surface area (Å²) in [6.07, 6.45) is -3.00. The lowest BCUT2D eigenvalue weighted by molar-refractivity contribution is -0.276. The molecule has 8 heteroatoms. The van der Waals surface area contributed by atoms with Crippen LogP contribution in [0, 0.1) is 23.3 Å². The fraction of sp³-hybridized carbons (Fsp3) is 0.176. The molecule has 0 aliphatic rings. The van der Waals surface area contributed by atoms with Crippen molar-refractivity contribution < 1.29 is 35.5 Å². The van der Waals surface area contributed by atoms with Gasteiger partial charge in [0.1, 0.15) is 11.6 Å². The number of benzene rings is 2. The first-order chi connectivity index (χ1) is 11.6. The van der Waals surface area contributed by atoms with E-state index in [1.165, 1.54) is 0 Å². The fourth-order valence-corrected chi connectivity index (χ4v) is 2.23. The first-order valence-electron chi connectivity index (χ1n) is 6.96. The molecule has 0 unspecified atom stereocenters. The third-order valence-electron chi connectivity index (χ3n) is 3.24. The van der Waals surface area contributed by atoms with Gasteiger partial charge in [0.2, 0.25) is 5.75 Å². The maximum Gasteiger partial charge on any atom is 0.573 e. The summed E-state index contributed by atoms with van der Waals surface area (Å²) in [5.74, 6) is -7.35. The molecule has 25 heavy (non-hydrogen) atoms. The van der Waals surface area contributed by atoms with Gasteiger partial charge in [-0.1, -0.05) is 6.08 Å². The molecule has 0 aliphatic heterocycles. The van der Waals surface area contributed by atoms with Gasteiger partial charge in [0.25, 0.3) is 0 Å². The maximum atomic E-state index is 14.1. The minimum atomic E-state index is -5.31. The Labute approximate surface area is 138 Å². The van der Waals surface area contributed by atoms with Crippen LogP contribution in [0.15, 0.2) is 36.9 Å². The van der Waals surface area contributed by atoms with Crippen molar-refractivity contribution in [3.05, 3.63) is 65.8 Å². The van der Waals surface area contributed by atoms with Gasteiger partial charge in [0, 0.05) is 0 Å². The molecule has 0 atom stereocenters. The monoisotopic (exact) mass is 364 g/mol. The first kappa shape index (κ1) is 18.8. The Bertz CT molecular complexity index is 750. The number of ether oxygens (including phenoxy) is 1. The highest BCUT2D eigenvalue weighted by molar-refractivity contribution is 5.66. The van der Waals surface area contributed by atoms with Crippen molar-refractivity contribution in [2.24, 2.45) is 0 Å². The average Bonchev–Trinajstić information content (AvgIpc) is 2.47. The topological polar surface area (TPSA) is 9.23 Å². The van der Waals surface area contributed by atoms with Crippen molar-refractivity contribution in [1.82, 2.24) is 0 Å². The molecule has 0 saturated carbocycles. The fourth-order valence-electron chi connectivity index (χ4n) is 2.23. The third-order valence-corrected chi connectivity index (χ3v) is 3.24. The van der Waals surface area contributed by atoms with Crippen LogP contribution >= 0.6 is 0 Å². The van der Waals surface area contributed by atoms with E-state index in [-0.39, 0.29) is 0 Å². The van der Waals surface area contributed by atoms with Crippen molar-refractivity contribution in [3.63, 3.8) is 0 Å². The predicted molar refractivity (Wildman–Crippen MR) is 76.9 cm³/mol. The molecule has 0 heterocycles. The maximum absolute atomic E-state index is 14.1.